The summed E-state index contributed by atoms with van der Waals surface area (Å²) in [5, 5.41) is 8.99. The van der Waals surface area contributed by atoms with Gasteiger partial charge in [0.25, 0.3) is 5.91 Å². The van der Waals surface area contributed by atoms with E-state index in [9.17, 15) is 9.59 Å². The maximum Gasteiger partial charge on any atom is 0.320 e. The number of fused-ring (bicyclic) bond motifs is 1. The Kier molecular flexibility index (Phi) is 6.38. The number of esters is 1. The normalized spacial score (nSPS) is 14.9. The smallest absolute Gasteiger partial charge is 0.320 e. The summed E-state index contributed by atoms with van der Waals surface area (Å²) in [7, 11) is 0. The van der Waals surface area contributed by atoms with E-state index in [-0.39, 0.29) is 30.7 Å². The average molecular weight is 401 g/mol. The number of benzene rings is 2. The Morgan fingerprint density at radius 3 is 2.81 bits per heavy atom. The molecule has 3 rings (SSSR count). The number of ether oxygens (including phenoxy) is 1. The van der Waals surface area contributed by atoms with Gasteiger partial charge in [0.1, 0.15) is 5.25 Å². The molecule has 1 aliphatic heterocycles. The lowest BCUT2D eigenvalue weighted by Crippen LogP contribution is -2.36. The Bertz CT molecular complexity index is 872. The van der Waals surface area contributed by atoms with Crippen LogP contribution < -0.4 is 4.90 Å². The van der Waals surface area contributed by atoms with Crippen LogP contribution in [0.1, 0.15) is 12.0 Å². The fourth-order valence-electron chi connectivity index (χ4n) is 2.82. The molecule has 0 saturated heterocycles. The summed E-state index contributed by atoms with van der Waals surface area (Å²) in [5.41, 5.74) is 1.69. The van der Waals surface area contributed by atoms with Gasteiger partial charge in [-0.05, 0) is 36.2 Å². The van der Waals surface area contributed by atoms with Crippen molar-refractivity contribution in [1.82, 2.24) is 0 Å². The molecule has 2 aromatic rings. The van der Waals surface area contributed by atoms with Gasteiger partial charge in [-0.15, -0.1) is 11.8 Å². The van der Waals surface area contributed by atoms with Crippen molar-refractivity contribution in [2.24, 2.45) is 0 Å². The summed E-state index contributed by atoms with van der Waals surface area (Å²) in [6.45, 7) is -0.166. The third-order valence-electron chi connectivity index (χ3n) is 4.12. The fourth-order valence-corrected chi connectivity index (χ4v) is 4.20. The van der Waals surface area contributed by atoms with Crippen molar-refractivity contribution >= 4 is 40.9 Å². The van der Waals surface area contributed by atoms with Crippen molar-refractivity contribution in [3.8, 4) is 6.07 Å². The minimum atomic E-state index is -0.407. The third-order valence-corrected chi connectivity index (χ3v) is 5.65. The van der Waals surface area contributed by atoms with E-state index in [0.29, 0.717) is 17.1 Å². The van der Waals surface area contributed by atoms with Gasteiger partial charge in [-0.2, -0.15) is 5.26 Å². The molecule has 0 spiro atoms. The van der Waals surface area contributed by atoms with Gasteiger partial charge < -0.3 is 9.64 Å². The molecule has 27 heavy (non-hydrogen) atoms. The first kappa shape index (κ1) is 19.3. The quantitative estimate of drug-likeness (QED) is 0.689. The first-order valence-electron chi connectivity index (χ1n) is 8.42. The monoisotopic (exact) mass is 400 g/mol. The second kappa shape index (κ2) is 8.94. The maximum atomic E-state index is 12.6. The predicted molar refractivity (Wildman–Crippen MR) is 105 cm³/mol. The van der Waals surface area contributed by atoms with Crippen LogP contribution >= 0.6 is 23.4 Å². The highest BCUT2D eigenvalue weighted by Crippen LogP contribution is 2.37. The molecule has 0 aliphatic carbocycles. The van der Waals surface area contributed by atoms with Gasteiger partial charge in [-0.3, -0.25) is 9.59 Å². The Morgan fingerprint density at radius 1 is 1.26 bits per heavy atom. The van der Waals surface area contributed by atoms with Gasteiger partial charge >= 0.3 is 5.97 Å². The van der Waals surface area contributed by atoms with E-state index >= 15 is 0 Å². The highest BCUT2D eigenvalue weighted by Gasteiger charge is 2.30. The van der Waals surface area contributed by atoms with Crippen molar-refractivity contribution in [2.75, 3.05) is 18.1 Å². The highest BCUT2D eigenvalue weighted by molar-refractivity contribution is 8.01. The van der Waals surface area contributed by atoms with Crippen molar-refractivity contribution in [3.63, 3.8) is 0 Å². The van der Waals surface area contributed by atoms with Crippen LogP contribution in [-0.2, 0) is 20.7 Å². The summed E-state index contributed by atoms with van der Waals surface area (Å²) in [5.74, 6) is -0.794. The maximum absolute atomic E-state index is 12.6. The molecule has 5 nitrogen and oxygen atoms in total. The molecule has 1 unspecified atom stereocenters. The zero-order chi connectivity index (χ0) is 19.2. The lowest BCUT2D eigenvalue weighted by molar-refractivity contribution is -0.147. The molecule has 1 amide bonds. The van der Waals surface area contributed by atoms with Crippen LogP contribution in [0.15, 0.2) is 53.4 Å². The topological polar surface area (TPSA) is 70.4 Å². The third kappa shape index (κ3) is 4.82. The lowest BCUT2D eigenvalue weighted by atomic mass is 10.1. The molecule has 1 aliphatic rings. The molecule has 0 N–H and O–H groups in total. The predicted octanol–water partition coefficient (Wildman–Crippen LogP) is 3.85. The Hall–Kier alpha value is -2.49. The molecular weight excluding hydrogens is 384 g/mol. The average Bonchev–Trinajstić information content (AvgIpc) is 3.11. The van der Waals surface area contributed by atoms with Crippen LogP contribution in [0.2, 0.25) is 5.02 Å². The van der Waals surface area contributed by atoms with Crippen LogP contribution in [0, 0.1) is 11.3 Å². The summed E-state index contributed by atoms with van der Waals surface area (Å²) in [6.07, 6.45) is 0.764. The van der Waals surface area contributed by atoms with Gasteiger partial charge in [0.15, 0.2) is 6.61 Å². The zero-order valence-electron chi connectivity index (χ0n) is 14.4. The van der Waals surface area contributed by atoms with E-state index in [4.69, 9.17) is 21.6 Å². The minimum absolute atomic E-state index is 0.167. The van der Waals surface area contributed by atoms with E-state index in [0.717, 1.165) is 10.5 Å². The van der Waals surface area contributed by atoms with Crippen molar-refractivity contribution in [2.45, 2.75) is 23.0 Å². The Labute approximate surface area is 166 Å². The molecule has 1 atom stereocenters. The second-order valence-corrected chi connectivity index (χ2v) is 7.64. The second-order valence-electron chi connectivity index (χ2n) is 5.96. The molecule has 7 heteroatoms. The first-order valence-corrected chi connectivity index (χ1v) is 9.68. The van der Waals surface area contributed by atoms with Crippen molar-refractivity contribution < 1.29 is 14.3 Å². The molecule has 0 radical (unpaired) electrons. The number of carbonyl (C=O) groups is 2. The van der Waals surface area contributed by atoms with Crippen molar-refractivity contribution in [1.29, 1.82) is 5.26 Å². The summed E-state index contributed by atoms with van der Waals surface area (Å²) in [6, 6.07) is 16.6. The number of hydrogen-bond donors (Lipinski definition) is 0. The van der Waals surface area contributed by atoms with E-state index < -0.39 is 5.97 Å². The summed E-state index contributed by atoms with van der Waals surface area (Å²) >= 11 is 7.45. The van der Waals surface area contributed by atoms with Crippen LogP contribution in [-0.4, -0.2) is 30.3 Å². The molecule has 0 saturated carbocycles. The number of rotatable bonds is 6. The molecule has 1 heterocycles. The number of anilines is 1. The van der Waals surface area contributed by atoms with Gasteiger partial charge in [-0.1, -0.05) is 35.9 Å². The highest BCUT2D eigenvalue weighted by atomic mass is 35.5. The summed E-state index contributed by atoms with van der Waals surface area (Å²) < 4.78 is 5.26. The fraction of sp³-hybridized carbons (Fsp3) is 0.250. The number of halogens is 1. The Morgan fingerprint density at radius 2 is 2.07 bits per heavy atom. The SMILES string of the molecule is N#CCCN(C(=O)COC(=O)C1Cc2ccccc2S1)c1cccc(Cl)c1. The molecule has 0 aromatic heterocycles. The van der Waals surface area contributed by atoms with Gasteiger partial charge in [0, 0.05) is 22.2 Å². The number of hydrogen-bond acceptors (Lipinski definition) is 5. The molecule has 138 valence electrons. The molecule has 2 aromatic carbocycles. The van der Waals surface area contributed by atoms with Gasteiger partial charge in [-0.25, -0.2) is 0 Å². The zero-order valence-corrected chi connectivity index (χ0v) is 16.0. The van der Waals surface area contributed by atoms with E-state index in [2.05, 4.69) is 0 Å². The number of thioether (sulfide) groups is 1. The minimum Gasteiger partial charge on any atom is -0.455 e. The van der Waals surface area contributed by atoms with Crippen LogP contribution in [0.25, 0.3) is 0 Å². The number of amides is 1. The molecule has 0 fully saturated rings. The number of nitrogens with zero attached hydrogens (tertiary/aromatic N) is 2. The Balaban J connectivity index is 1.61. The van der Waals surface area contributed by atoms with Crippen LogP contribution in [0.5, 0.6) is 0 Å². The van der Waals surface area contributed by atoms with Crippen LogP contribution in [0.4, 0.5) is 5.69 Å². The summed E-state index contributed by atoms with van der Waals surface area (Å²) in [4.78, 5) is 27.4. The van der Waals surface area contributed by atoms with Crippen molar-refractivity contribution in [3.05, 3.63) is 59.1 Å². The largest absolute Gasteiger partial charge is 0.455 e. The van der Waals surface area contributed by atoms with E-state index in [1.165, 1.54) is 16.7 Å². The van der Waals surface area contributed by atoms with E-state index in [1.807, 2.05) is 30.3 Å². The standard InChI is InChI=1S/C20H17ClN2O3S/c21-15-6-3-7-16(12-15)23(10-4-9-22)19(24)13-26-20(25)18-11-14-5-1-2-8-17(14)27-18/h1-3,5-8,12,18H,4,10-11,13H2. The van der Waals surface area contributed by atoms with Gasteiger partial charge in [0.2, 0.25) is 0 Å². The lowest BCUT2D eigenvalue weighted by Gasteiger charge is -2.22. The molecule has 0 bridgehead atoms. The van der Waals surface area contributed by atoms with E-state index in [1.54, 1.807) is 24.3 Å². The number of carbonyl (C=O) groups excluding carboxylic acids is 2. The number of nitriles is 1. The van der Waals surface area contributed by atoms with Crippen LogP contribution in [0.3, 0.4) is 0 Å². The molecular formula is C20H17ClN2O3S. The van der Waals surface area contributed by atoms with Gasteiger partial charge in [0.05, 0.1) is 12.5 Å². The first-order chi connectivity index (χ1) is 13.1.